The third-order valence-corrected chi connectivity index (χ3v) is 3.12. The van der Waals surface area contributed by atoms with E-state index in [4.69, 9.17) is 5.11 Å². The summed E-state index contributed by atoms with van der Waals surface area (Å²) in [5.74, 6) is -0.0533. The molecule has 0 saturated carbocycles. The van der Waals surface area contributed by atoms with Crippen molar-refractivity contribution in [1.29, 1.82) is 0 Å². The van der Waals surface area contributed by atoms with Crippen LogP contribution in [0.3, 0.4) is 0 Å². The summed E-state index contributed by atoms with van der Waals surface area (Å²) >= 11 is 0. The lowest BCUT2D eigenvalue weighted by Crippen LogP contribution is -2.27. The lowest BCUT2D eigenvalue weighted by molar-refractivity contribution is 0.0943. The minimum atomic E-state index is -0.0658. The van der Waals surface area contributed by atoms with Gasteiger partial charge in [-0.1, -0.05) is 13.8 Å². The molecule has 0 aliphatic carbocycles. The summed E-state index contributed by atoms with van der Waals surface area (Å²) in [5.41, 5.74) is 2.55. The van der Waals surface area contributed by atoms with Crippen LogP contribution in [0.25, 0.3) is 0 Å². The van der Waals surface area contributed by atoms with E-state index in [1.165, 1.54) is 0 Å². The molecule has 1 rings (SSSR count). The number of carbonyl (C=O) groups excluding carboxylic acids is 1. The van der Waals surface area contributed by atoms with Crippen LogP contribution in [-0.4, -0.2) is 29.1 Å². The molecule has 0 saturated heterocycles. The number of hydrogen-bond donors (Lipinski definition) is 3. The van der Waals surface area contributed by atoms with E-state index in [0.717, 1.165) is 24.1 Å². The minimum Gasteiger partial charge on any atom is -0.396 e. The number of H-pyrrole nitrogens is 1. The Kier molecular flexibility index (Phi) is 4.96. The second kappa shape index (κ2) is 6.05. The Hall–Kier alpha value is -1.29. The van der Waals surface area contributed by atoms with Crippen molar-refractivity contribution in [2.45, 2.75) is 40.5 Å². The normalized spacial score (nSPS) is 11.6. The van der Waals surface area contributed by atoms with Crippen molar-refractivity contribution in [3.05, 3.63) is 23.0 Å². The molecule has 18 heavy (non-hydrogen) atoms. The van der Waals surface area contributed by atoms with Crippen LogP contribution in [0.1, 0.15) is 48.4 Å². The molecule has 0 bridgehead atoms. The Morgan fingerprint density at radius 3 is 2.61 bits per heavy atom. The zero-order chi connectivity index (χ0) is 13.8. The summed E-state index contributed by atoms with van der Waals surface area (Å²) in [6.45, 7) is 8.72. The Balaban J connectivity index is 2.36. The van der Waals surface area contributed by atoms with Crippen LogP contribution in [0.5, 0.6) is 0 Å². The molecule has 1 heterocycles. The second-order valence-electron chi connectivity index (χ2n) is 5.69. The van der Waals surface area contributed by atoms with Crippen LogP contribution in [0, 0.1) is 19.3 Å². The molecule has 0 aromatic carbocycles. The average molecular weight is 252 g/mol. The number of rotatable bonds is 6. The molecule has 0 aliphatic heterocycles. The standard InChI is InChI=1S/C14H24N2O2/c1-10-8-11(2)16-12(10)13(18)15-7-5-6-14(3,4)9-17/h8,16-17H,5-7,9H2,1-4H3,(H,15,18). The third kappa shape index (κ3) is 4.18. The maximum atomic E-state index is 11.9. The zero-order valence-corrected chi connectivity index (χ0v) is 11.8. The van der Waals surface area contributed by atoms with Gasteiger partial charge in [0.1, 0.15) is 5.69 Å². The lowest BCUT2D eigenvalue weighted by atomic mass is 9.89. The van der Waals surface area contributed by atoms with E-state index in [9.17, 15) is 4.79 Å². The summed E-state index contributed by atoms with van der Waals surface area (Å²) in [7, 11) is 0. The SMILES string of the molecule is Cc1cc(C)c(C(=O)NCCCC(C)(C)CO)[nH]1. The van der Waals surface area contributed by atoms with Gasteiger partial charge in [0.05, 0.1) is 0 Å². The van der Waals surface area contributed by atoms with E-state index >= 15 is 0 Å². The van der Waals surface area contributed by atoms with Gasteiger partial charge in [0.2, 0.25) is 0 Å². The Labute approximate surface area is 109 Å². The molecule has 4 nitrogen and oxygen atoms in total. The van der Waals surface area contributed by atoms with E-state index in [2.05, 4.69) is 10.3 Å². The molecule has 0 aliphatic rings. The number of aromatic nitrogens is 1. The highest BCUT2D eigenvalue weighted by Gasteiger charge is 2.16. The van der Waals surface area contributed by atoms with Crippen molar-refractivity contribution in [3.63, 3.8) is 0 Å². The summed E-state index contributed by atoms with van der Waals surface area (Å²) < 4.78 is 0. The second-order valence-corrected chi connectivity index (χ2v) is 5.69. The summed E-state index contributed by atoms with van der Waals surface area (Å²) in [5, 5.41) is 12.0. The molecule has 102 valence electrons. The lowest BCUT2D eigenvalue weighted by Gasteiger charge is -2.21. The summed E-state index contributed by atoms with van der Waals surface area (Å²) in [6.07, 6.45) is 1.77. The van der Waals surface area contributed by atoms with Gasteiger partial charge >= 0.3 is 0 Å². The van der Waals surface area contributed by atoms with Gasteiger partial charge in [-0.15, -0.1) is 0 Å². The van der Waals surface area contributed by atoms with Gasteiger partial charge in [0, 0.05) is 18.8 Å². The smallest absolute Gasteiger partial charge is 0.267 e. The largest absolute Gasteiger partial charge is 0.396 e. The molecule has 0 spiro atoms. The molecule has 1 aromatic heterocycles. The first-order valence-corrected chi connectivity index (χ1v) is 6.41. The van der Waals surface area contributed by atoms with Crippen LogP contribution in [0.2, 0.25) is 0 Å². The van der Waals surface area contributed by atoms with E-state index in [-0.39, 0.29) is 17.9 Å². The van der Waals surface area contributed by atoms with Crippen LogP contribution in [0.15, 0.2) is 6.07 Å². The number of aliphatic hydroxyl groups excluding tert-OH is 1. The molecule has 0 unspecified atom stereocenters. The van der Waals surface area contributed by atoms with E-state index < -0.39 is 0 Å². The van der Waals surface area contributed by atoms with Gasteiger partial charge in [0.15, 0.2) is 0 Å². The van der Waals surface area contributed by atoms with Crippen molar-refractivity contribution in [1.82, 2.24) is 10.3 Å². The fourth-order valence-electron chi connectivity index (χ4n) is 1.90. The Morgan fingerprint density at radius 2 is 2.11 bits per heavy atom. The number of aryl methyl sites for hydroxylation is 2. The average Bonchev–Trinajstić information content (AvgIpc) is 2.64. The topological polar surface area (TPSA) is 65.1 Å². The van der Waals surface area contributed by atoms with Crippen molar-refractivity contribution in [3.8, 4) is 0 Å². The molecule has 0 atom stereocenters. The van der Waals surface area contributed by atoms with Crippen molar-refractivity contribution < 1.29 is 9.90 Å². The van der Waals surface area contributed by atoms with E-state index in [1.807, 2.05) is 33.8 Å². The van der Waals surface area contributed by atoms with Crippen LogP contribution >= 0.6 is 0 Å². The molecule has 4 heteroatoms. The Bertz CT molecular complexity index is 408. The fraction of sp³-hybridized carbons (Fsp3) is 0.643. The molecular formula is C14H24N2O2. The first-order valence-electron chi connectivity index (χ1n) is 6.41. The van der Waals surface area contributed by atoms with Crippen LogP contribution in [-0.2, 0) is 0 Å². The predicted molar refractivity (Wildman–Crippen MR) is 72.7 cm³/mol. The first kappa shape index (κ1) is 14.8. The van der Waals surface area contributed by atoms with Gasteiger partial charge in [-0.3, -0.25) is 4.79 Å². The highest BCUT2D eigenvalue weighted by molar-refractivity contribution is 5.93. The van der Waals surface area contributed by atoms with Gasteiger partial charge in [0.25, 0.3) is 5.91 Å². The number of nitrogens with one attached hydrogen (secondary N) is 2. The number of amides is 1. The summed E-state index contributed by atoms with van der Waals surface area (Å²) in [6, 6.07) is 1.96. The molecule has 3 N–H and O–H groups in total. The van der Waals surface area contributed by atoms with Gasteiger partial charge in [-0.05, 0) is 43.7 Å². The maximum Gasteiger partial charge on any atom is 0.267 e. The monoisotopic (exact) mass is 252 g/mol. The summed E-state index contributed by atoms with van der Waals surface area (Å²) in [4.78, 5) is 14.9. The highest BCUT2D eigenvalue weighted by atomic mass is 16.3. The number of hydrogen-bond acceptors (Lipinski definition) is 2. The third-order valence-electron chi connectivity index (χ3n) is 3.12. The highest BCUT2D eigenvalue weighted by Crippen LogP contribution is 2.20. The maximum absolute atomic E-state index is 11.9. The quantitative estimate of drug-likeness (QED) is 0.679. The number of aliphatic hydroxyl groups is 1. The zero-order valence-electron chi connectivity index (χ0n) is 11.8. The minimum absolute atomic E-state index is 0.0533. The molecular weight excluding hydrogens is 228 g/mol. The van der Waals surface area contributed by atoms with Crippen molar-refractivity contribution >= 4 is 5.91 Å². The van der Waals surface area contributed by atoms with Gasteiger partial charge < -0.3 is 15.4 Å². The fourth-order valence-corrected chi connectivity index (χ4v) is 1.90. The number of aromatic amines is 1. The molecule has 0 radical (unpaired) electrons. The molecule has 1 amide bonds. The molecule has 1 aromatic rings. The molecule has 0 fully saturated rings. The first-order chi connectivity index (χ1) is 8.35. The van der Waals surface area contributed by atoms with Gasteiger partial charge in [-0.2, -0.15) is 0 Å². The van der Waals surface area contributed by atoms with Crippen molar-refractivity contribution in [2.24, 2.45) is 5.41 Å². The predicted octanol–water partition coefficient (Wildman–Crippen LogP) is 2.16. The Morgan fingerprint density at radius 1 is 1.44 bits per heavy atom. The van der Waals surface area contributed by atoms with Gasteiger partial charge in [-0.25, -0.2) is 0 Å². The van der Waals surface area contributed by atoms with Crippen molar-refractivity contribution in [2.75, 3.05) is 13.2 Å². The van der Waals surface area contributed by atoms with Crippen LogP contribution < -0.4 is 5.32 Å². The van der Waals surface area contributed by atoms with E-state index in [1.54, 1.807) is 0 Å². The number of carbonyl (C=O) groups is 1. The van der Waals surface area contributed by atoms with Crippen LogP contribution in [0.4, 0.5) is 0 Å². The van der Waals surface area contributed by atoms with E-state index in [0.29, 0.717) is 12.2 Å².